The van der Waals surface area contributed by atoms with Gasteiger partial charge in [0.05, 0.1) is 18.2 Å². The van der Waals surface area contributed by atoms with Gasteiger partial charge in [-0.15, -0.1) is 0 Å². The number of pyridine rings is 1. The summed E-state index contributed by atoms with van der Waals surface area (Å²) in [6.45, 7) is 4.72. The molecule has 0 bridgehead atoms. The number of hydrogen-bond acceptors (Lipinski definition) is 5. The maximum Gasteiger partial charge on any atom is 0.253 e. The van der Waals surface area contributed by atoms with Crippen molar-refractivity contribution in [1.82, 2.24) is 25.1 Å². The van der Waals surface area contributed by atoms with Crippen molar-refractivity contribution in [2.75, 3.05) is 0 Å². The highest BCUT2D eigenvalue weighted by atomic mass is 16.5. The van der Waals surface area contributed by atoms with Crippen molar-refractivity contribution in [3.05, 3.63) is 36.5 Å². The summed E-state index contributed by atoms with van der Waals surface area (Å²) in [5.74, 6) is 0.719. The lowest BCUT2D eigenvalue weighted by atomic mass is 10.0. The van der Waals surface area contributed by atoms with Crippen LogP contribution in [0.2, 0.25) is 0 Å². The van der Waals surface area contributed by atoms with Crippen LogP contribution in [-0.4, -0.2) is 37.8 Å². The van der Waals surface area contributed by atoms with E-state index in [1.165, 1.54) is 19.2 Å². The molecule has 25 heavy (non-hydrogen) atoms. The summed E-state index contributed by atoms with van der Waals surface area (Å²) in [6.07, 6.45) is 9.59. The van der Waals surface area contributed by atoms with Crippen LogP contribution in [0.5, 0.6) is 5.88 Å². The Kier molecular flexibility index (Phi) is 5.63. The van der Waals surface area contributed by atoms with Gasteiger partial charge in [0.2, 0.25) is 5.88 Å². The van der Waals surface area contributed by atoms with Gasteiger partial charge in [-0.3, -0.25) is 9.48 Å². The van der Waals surface area contributed by atoms with Crippen LogP contribution in [0.4, 0.5) is 0 Å². The van der Waals surface area contributed by atoms with Gasteiger partial charge in [-0.05, 0) is 37.7 Å². The number of ether oxygens (including phenoxy) is 1. The molecule has 2 aromatic rings. The SMILES string of the molecule is CC(C)C(Cn1cncn1)NC(=O)c1ccc(OC2CCCC2)nc1. The van der Waals surface area contributed by atoms with Gasteiger partial charge in [0.25, 0.3) is 5.91 Å². The van der Waals surface area contributed by atoms with Gasteiger partial charge in [0.1, 0.15) is 18.8 Å². The number of aromatic nitrogens is 4. The van der Waals surface area contributed by atoms with Gasteiger partial charge in [-0.1, -0.05) is 13.8 Å². The summed E-state index contributed by atoms with van der Waals surface area (Å²) in [7, 11) is 0. The van der Waals surface area contributed by atoms with E-state index >= 15 is 0 Å². The van der Waals surface area contributed by atoms with Gasteiger partial charge >= 0.3 is 0 Å². The van der Waals surface area contributed by atoms with Crippen molar-refractivity contribution in [2.45, 2.75) is 58.2 Å². The van der Waals surface area contributed by atoms with E-state index in [9.17, 15) is 4.79 Å². The fourth-order valence-electron chi connectivity index (χ4n) is 2.96. The zero-order chi connectivity index (χ0) is 17.6. The third-order valence-electron chi connectivity index (χ3n) is 4.56. The molecule has 0 aromatic carbocycles. The van der Waals surface area contributed by atoms with Crippen molar-refractivity contribution < 1.29 is 9.53 Å². The van der Waals surface area contributed by atoms with E-state index in [0.717, 1.165) is 12.8 Å². The Balaban J connectivity index is 1.59. The highest BCUT2D eigenvalue weighted by molar-refractivity contribution is 5.94. The van der Waals surface area contributed by atoms with Crippen LogP contribution >= 0.6 is 0 Å². The predicted octanol–water partition coefficient (Wildman–Crippen LogP) is 2.45. The largest absolute Gasteiger partial charge is 0.474 e. The maximum absolute atomic E-state index is 12.5. The molecule has 0 saturated heterocycles. The minimum Gasteiger partial charge on any atom is -0.474 e. The summed E-state index contributed by atoms with van der Waals surface area (Å²) in [6, 6.07) is 3.50. The van der Waals surface area contributed by atoms with Gasteiger partial charge in [-0.25, -0.2) is 9.97 Å². The number of nitrogens with zero attached hydrogens (tertiary/aromatic N) is 4. The van der Waals surface area contributed by atoms with Crippen molar-refractivity contribution in [3.8, 4) is 5.88 Å². The molecule has 1 unspecified atom stereocenters. The fraction of sp³-hybridized carbons (Fsp3) is 0.556. The Labute approximate surface area is 147 Å². The zero-order valence-corrected chi connectivity index (χ0v) is 14.8. The Morgan fingerprint density at radius 3 is 2.76 bits per heavy atom. The fourth-order valence-corrected chi connectivity index (χ4v) is 2.96. The molecule has 2 heterocycles. The number of amides is 1. The first-order valence-corrected chi connectivity index (χ1v) is 8.88. The Bertz CT molecular complexity index is 663. The summed E-state index contributed by atoms with van der Waals surface area (Å²) in [5, 5.41) is 7.16. The third kappa shape index (κ3) is 4.78. The molecule has 1 aliphatic carbocycles. The summed E-state index contributed by atoms with van der Waals surface area (Å²) in [4.78, 5) is 20.7. The minimum absolute atomic E-state index is 0.0383. The van der Waals surface area contributed by atoms with Gasteiger partial charge < -0.3 is 10.1 Å². The first kappa shape index (κ1) is 17.4. The Morgan fingerprint density at radius 2 is 2.16 bits per heavy atom. The first-order chi connectivity index (χ1) is 12.1. The van der Waals surface area contributed by atoms with Crippen LogP contribution in [0, 0.1) is 5.92 Å². The molecule has 1 N–H and O–H groups in total. The number of carbonyl (C=O) groups excluding carboxylic acids is 1. The van der Waals surface area contributed by atoms with Gasteiger partial charge in [0.15, 0.2) is 0 Å². The minimum atomic E-state index is -0.140. The highest BCUT2D eigenvalue weighted by Gasteiger charge is 2.20. The average Bonchev–Trinajstić information content (AvgIpc) is 3.28. The molecule has 7 heteroatoms. The molecular weight excluding hydrogens is 318 g/mol. The van der Waals surface area contributed by atoms with Crippen LogP contribution in [0.3, 0.4) is 0 Å². The smallest absolute Gasteiger partial charge is 0.253 e. The Morgan fingerprint density at radius 1 is 1.36 bits per heavy atom. The van der Waals surface area contributed by atoms with Gasteiger partial charge in [-0.2, -0.15) is 5.10 Å². The first-order valence-electron chi connectivity index (χ1n) is 8.88. The quantitative estimate of drug-likeness (QED) is 0.835. The van der Waals surface area contributed by atoms with Crippen molar-refractivity contribution in [2.24, 2.45) is 5.92 Å². The molecule has 0 aliphatic heterocycles. The molecule has 0 spiro atoms. The van der Waals surface area contributed by atoms with Crippen LogP contribution in [0.15, 0.2) is 31.0 Å². The van der Waals surface area contributed by atoms with E-state index in [1.54, 1.807) is 29.3 Å². The highest BCUT2D eigenvalue weighted by Crippen LogP contribution is 2.22. The lowest BCUT2D eigenvalue weighted by Gasteiger charge is -2.22. The van der Waals surface area contributed by atoms with E-state index < -0.39 is 0 Å². The van der Waals surface area contributed by atoms with Crippen LogP contribution < -0.4 is 10.1 Å². The van der Waals surface area contributed by atoms with E-state index in [1.807, 2.05) is 0 Å². The number of rotatable bonds is 7. The second-order valence-electron chi connectivity index (χ2n) is 6.85. The van der Waals surface area contributed by atoms with E-state index in [2.05, 4.69) is 34.2 Å². The topological polar surface area (TPSA) is 81.9 Å². The summed E-state index contributed by atoms with van der Waals surface area (Å²) < 4.78 is 7.56. The summed E-state index contributed by atoms with van der Waals surface area (Å²) >= 11 is 0. The monoisotopic (exact) mass is 343 g/mol. The third-order valence-corrected chi connectivity index (χ3v) is 4.56. The standard InChI is InChI=1S/C18H25N5O2/c1-13(2)16(10-23-12-19-11-21-23)22-18(24)14-7-8-17(20-9-14)25-15-5-3-4-6-15/h7-9,11-13,15-16H,3-6,10H2,1-2H3,(H,22,24). The normalized spacial score (nSPS) is 16.1. The average molecular weight is 343 g/mol. The van der Waals surface area contributed by atoms with Crippen molar-refractivity contribution >= 4 is 5.91 Å². The van der Waals surface area contributed by atoms with E-state index in [4.69, 9.17) is 4.74 Å². The lowest BCUT2D eigenvalue weighted by Crippen LogP contribution is -2.41. The van der Waals surface area contributed by atoms with Crippen LogP contribution in [0.25, 0.3) is 0 Å². The maximum atomic E-state index is 12.5. The Hall–Kier alpha value is -2.44. The molecule has 1 saturated carbocycles. The second kappa shape index (κ2) is 8.09. The zero-order valence-electron chi connectivity index (χ0n) is 14.8. The van der Waals surface area contributed by atoms with E-state index in [0.29, 0.717) is 18.0 Å². The van der Waals surface area contributed by atoms with Crippen molar-refractivity contribution in [1.29, 1.82) is 0 Å². The second-order valence-corrected chi connectivity index (χ2v) is 6.85. The number of nitrogens with one attached hydrogen (secondary N) is 1. The molecule has 1 fully saturated rings. The van der Waals surface area contributed by atoms with E-state index in [-0.39, 0.29) is 24.0 Å². The lowest BCUT2D eigenvalue weighted by molar-refractivity contribution is 0.0919. The molecule has 2 aromatic heterocycles. The predicted molar refractivity (Wildman–Crippen MR) is 93.2 cm³/mol. The van der Waals surface area contributed by atoms with Crippen molar-refractivity contribution in [3.63, 3.8) is 0 Å². The molecule has 1 aliphatic rings. The molecule has 1 atom stereocenters. The number of carbonyl (C=O) groups is 1. The summed E-state index contributed by atoms with van der Waals surface area (Å²) in [5.41, 5.74) is 0.531. The van der Waals surface area contributed by atoms with Gasteiger partial charge in [0, 0.05) is 12.3 Å². The molecule has 3 rings (SSSR count). The molecular formula is C18H25N5O2. The number of hydrogen-bond donors (Lipinski definition) is 1. The molecule has 7 nitrogen and oxygen atoms in total. The van der Waals surface area contributed by atoms with Crippen LogP contribution in [0.1, 0.15) is 49.9 Å². The molecule has 1 amide bonds. The molecule has 0 radical (unpaired) electrons. The van der Waals surface area contributed by atoms with Crippen LogP contribution in [-0.2, 0) is 6.54 Å². The molecule has 134 valence electrons.